The Morgan fingerprint density at radius 1 is 1.37 bits per heavy atom. The van der Waals surface area contributed by atoms with Crippen LogP contribution < -0.4 is 4.74 Å². The van der Waals surface area contributed by atoms with Gasteiger partial charge in [-0.3, -0.25) is 10.1 Å². The van der Waals surface area contributed by atoms with E-state index in [-0.39, 0.29) is 5.69 Å². The number of aromatic nitrogens is 2. The monoisotopic (exact) mass is 341 g/mol. The molecule has 8 heteroatoms. The number of ether oxygens (including phenoxy) is 1. The van der Waals surface area contributed by atoms with Gasteiger partial charge in [0.25, 0.3) is 5.69 Å². The van der Waals surface area contributed by atoms with Crippen LogP contribution in [0, 0.1) is 10.1 Å². The number of rotatable bonds is 4. The van der Waals surface area contributed by atoms with E-state index in [0.29, 0.717) is 15.5 Å². The second-order valence-electron chi connectivity index (χ2n) is 3.36. The molecule has 98 valence electrons. The lowest BCUT2D eigenvalue weighted by Gasteiger charge is -2.04. The summed E-state index contributed by atoms with van der Waals surface area (Å²) in [6.45, 7) is 0. The molecule has 19 heavy (non-hydrogen) atoms. The number of hydrogen-bond donors (Lipinski definition) is 0. The third kappa shape index (κ3) is 3.42. The molecule has 0 spiro atoms. The van der Waals surface area contributed by atoms with Crippen LogP contribution in [0.2, 0.25) is 0 Å². The molecule has 0 amide bonds. The molecule has 0 bridgehead atoms. The summed E-state index contributed by atoms with van der Waals surface area (Å²) in [4.78, 5) is 19.2. The van der Waals surface area contributed by atoms with Crippen LogP contribution in [0.1, 0.15) is 0 Å². The number of non-ortho nitro benzene ring substituents is 1. The molecular formula is C11H8BrN3O3S. The molecule has 0 radical (unpaired) electrons. The lowest BCUT2D eigenvalue weighted by Crippen LogP contribution is -1.93. The van der Waals surface area contributed by atoms with Gasteiger partial charge in [-0.05, 0) is 39.8 Å². The highest BCUT2D eigenvalue weighted by molar-refractivity contribution is 9.10. The number of nitrogens with zero attached hydrogens (tertiary/aromatic N) is 3. The molecule has 1 heterocycles. The van der Waals surface area contributed by atoms with Crippen LogP contribution in [-0.4, -0.2) is 22.0 Å². The zero-order valence-electron chi connectivity index (χ0n) is 9.74. The largest absolute Gasteiger partial charge is 0.480 e. The van der Waals surface area contributed by atoms with Crippen molar-refractivity contribution >= 4 is 33.4 Å². The van der Waals surface area contributed by atoms with Crippen molar-refractivity contribution in [3.8, 4) is 5.88 Å². The van der Waals surface area contributed by atoms with Crippen molar-refractivity contribution in [3.05, 3.63) is 45.0 Å². The van der Waals surface area contributed by atoms with Crippen LogP contribution >= 0.6 is 27.7 Å². The van der Waals surface area contributed by atoms with Gasteiger partial charge in [-0.1, -0.05) is 0 Å². The molecule has 0 atom stereocenters. The summed E-state index contributed by atoms with van der Waals surface area (Å²) in [6.07, 6.45) is 1.60. The maximum absolute atomic E-state index is 10.5. The number of halogens is 1. The molecule has 6 nitrogen and oxygen atoms in total. The molecule has 0 N–H and O–H groups in total. The normalized spacial score (nSPS) is 10.2. The fourth-order valence-electron chi connectivity index (χ4n) is 1.27. The molecule has 0 saturated carbocycles. The van der Waals surface area contributed by atoms with Crippen molar-refractivity contribution in [3.63, 3.8) is 0 Å². The smallest absolute Gasteiger partial charge is 0.269 e. The minimum Gasteiger partial charge on any atom is -0.480 e. The maximum Gasteiger partial charge on any atom is 0.269 e. The summed E-state index contributed by atoms with van der Waals surface area (Å²) in [5, 5.41) is 11.1. The number of benzene rings is 1. The van der Waals surface area contributed by atoms with Gasteiger partial charge in [0.1, 0.15) is 0 Å². The maximum atomic E-state index is 10.5. The number of methoxy groups -OCH3 is 1. The average molecular weight is 342 g/mol. The second-order valence-corrected chi connectivity index (χ2v) is 5.26. The van der Waals surface area contributed by atoms with Crippen LogP contribution in [0.5, 0.6) is 5.88 Å². The van der Waals surface area contributed by atoms with Gasteiger partial charge in [-0.15, -0.1) is 0 Å². The molecule has 2 aromatic rings. The topological polar surface area (TPSA) is 78.2 Å². The van der Waals surface area contributed by atoms with Gasteiger partial charge in [-0.25, -0.2) is 4.98 Å². The summed E-state index contributed by atoms with van der Waals surface area (Å²) < 4.78 is 5.74. The Morgan fingerprint density at radius 3 is 2.63 bits per heavy atom. The van der Waals surface area contributed by atoms with Crippen molar-refractivity contribution in [1.82, 2.24) is 9.97 Å². The van der Waals surface area contributed by atoms with Gasteiger partial charge in [-0.2, -0.15) is 4.98 Å². The molecule has 0 aliphatic carbocycles. The van der Waals surface area contributed by atoms with Gasteiger partial charge in [0.05, 0.1) is 16.5 Å². The SMILES string of the molecule is COc1nc(Sc2ccc([N+](=O)[O-])cc2)ncc1Br. The summed E-state index contributed by atoms with van der Waals surface area (Å²) in [5.41, 5.74) is 0.0543. The Kier molecular flexibility index (Phi) is 4.33. The Morgan fingerprint density at radius 2 is 2.05 bits per heavy atom. The molecule has 0 aliphatic heterocycles. The summed E-state index contributed by atoms with van der Waals surface area (Å²) >= 11 is 4.57. The van der Waals surface area contributed by atoms with Crippen molar-refractivity contribution in [2.45, 2.75) is 10.1 Å². The van der Waals surface area contributed by atoms with Gasteiger partial charge >= 0.3 is 0 Å². The Balaban J connectivity index is 2.19. The van der Waals surface area contributed by atoms with Crippen LogP contribution in [0.4, 0.5) is 5.69 Å². The second kappa shape index (κ2) is 5.98. The molecule has 2 rings (SSSR count). The summed E-state index contributed by atoms with van der Waals surface area (Å²) in [7, 11) is 1.52. The van der Waals surface area contributed by atoms with Crippen molar-refractivity contribution in [1.29, 1.82) is 0 Å². The molecule has 1 aromatic heterocycles. The van der Waals surface area contributed by atoms with E-state index in [1.54, 1.807) is 18.3 Å². The first-order valence-corrected chi connectivity index (χ1v) is 6.70. The van der Waals surface area contributed by atoms with Crippen molar-refractivity contribution < 1.29 is 9.66 Å². The number of hydrogen-bond acceptors (Lipinski definition) is 6. The zero-order chi connectivity index (χ0) is 13.8. The van der Waals surface area contributed by atoms with Gasteiger partial charge in [0, 0.05) is 23.2 Å². The van der Waals surface area contributed by atoms with Crippen LogP contribution in [0.3, 0.4) is 0 Å². The van der Waals surface area contributed by atoms with E-state index in [0.717, 1.165) is 4.90 Å². The zero-order valence-corrected chi connectivity index (χ0v) is 12.1. The third-order valence-corrected chi connectivity index (χ3v) is 3.57. The summed E-state index contributed by atoms with van der Waals surface area (Å²) in [5.74, 6) is 0.444. The molecule has 0 aliphatic rings. The standard InChI is InChI=1S/C11H8BrN3O3S/c1-18-10-9(12)6-13-11(14-10)19-8-4-2-7(3-5-8)15(16)17/h2-6H,1H3. The van der Waals surface area contributed by atoms with E-state index in [1.165, 1.54) is 31.0 Å². The Bertz CT molecular complexity index is 607. The molecule has 0 fully saturated rings. The van der Waals surface area contributed by atoms with Crippen LogP contribution in [0.15, 0.2) is 45.0 Å². The highest BCUT2D eigenvalue weighted by Gasteiger charge is 2.08. The molecule has 1 aromatic carbocycles. The first-order valence-electron chi connectivity index (χ1n) is 5.09. The molecular weight excluding hydrogens is 334 g/mol. The minimum absolute atomic E-state index is 0.0543. The average Bonchev–Trinajstić information content (AvgIpc) is 2.41. The highest BCUT2D eigenvalue weighted by atomic mass is 79.9. The van der Waals surface area contributed by atoms with E-state index >= 15 is 0 Å². The van der Waals surface area contributed by atoms with E-state index in [4.69, 9.17) is 4.74 Å². The van der Waals surface area contributed by atoms with Gasteiger partial charge in [0.2, 0.25) is 5.88 Å². The van der Waals surface area contributed by atoms with Crippen molar-refractivity contribution in [2.75, 3.05) is 7.11 Å². The molecule has 0 saturated heterocycles. The van der Waals surface area contributed by atoms with Gasteiger partial charge in [0.15, 0.2) is 5.16 Å². The lowest BCUT2D eigenvalue weighted by atomic mass is 10.3. The van der Waals surface area contributed by atoms with E-state index in [1.807, 2.05) is 0 Å². The first kappa shape index (κ1) is 13.8. The van der Waals surface area contributed by atoms with Crippen LogP contribution in [-0.2, 0) is 0 Å². The molecule has 0 unspecified atom stereocenters. The van der Waals surface area contributed by atoms with Gasteiger partial charge < -0.3 is 4.74 Å². The van der Waals surface area contributed by atoms with E-state index < -0.39 is 4.92 Å². The Hall–Kier alpha value is -1.67. The number of nitro benzene ring substituents is 1. The van der Waals surface area contributed by atoms with E-state index in [2.05, 4.69) is 25.9 Å². The first-order chi connectivity index (χ1) is 9.10. The van der Waals surface area contributed by atoms with Crippen LogP contribution in [0.25, 0.3) is 0 Å². The van der Waals surface area contributed by atoms with Crippen molar-refractivity contribution in [2.24, 2.45) is 0 Å². The lowest BCUT2D eigenvalue weighted by molar-refractivity contribution is -0.384. The summed E-state index contributed by atoms with van der Waals surface area (Å²) in [6, 6.07) is 6.19. The predicted octanol–water partition coefficient (Wildman–Crippen LogP) is 3.31. The highest BCUT2D eigenvalue weighted by Crippen LogP contribution is 2.29. The Labute approximate surface area is 121 Å². The quantitative estimate of drug-likeness (QED) is 0.482. The predicted molar refractivity (Wildman–Crippen MR) is 73.5 cm³/mol. The third-order valence-electron chi connectivity index (χ3n) is 2.14. The fraction of sp³-hybridized carbons (Fsp3) is 0.0909. The number of nitro groups is 1. The van der Waals surface area contributed by atoms with E-state index in [9.17, 15) is 10.1 Å². The minimum atomic E-state index is -0.437. The fourth-order valence-corrected chi connectivity index (χ4v) is 2.34.